The first-order valence-corrected chi connectivity index (χ1v) is 13.7. The summed E-state index contributed by atoms with van der Waals surface area (Å²) in [6.07, 6.45) is 3.24. The van der Waals surface area contributed by atoms with Crippen molar-refractivity contribution in [3.8, 4) is 5.75 Å². The second kappa shape index (κ2) is 11.3. The Hall–Kier alpha value is -1.79. The molecule has 0 aliphatic heterocycles. The van der Waals surface area contributed by atoms with Gasteiger partial charge in [0, 0.05) is 10.9 Å². The van der Waals surface area contributed by atoms with Crippen LogP contribution >= 0.6 is 61.1 Å². The Labute approximate surface area is 234 Å². The van der Waals surface area contributed by atoms with Gasteiger partial charge in [-0.25, -0.2) is 4.98 Å². The van der Waals surface area contributed by atoms with Crippen molar-refractivity contribution in [3.05, 3.63) is 99.1 Å². The maximum atomic E-state index is 13.2. The quantitative estimate of drug-likeness (QED) is 0.150. The second-order valence-electron chi connectivity index (χ2n) is 7.89. The minimum Gasteiger partial charge on any atom is -0.487 e. The van der Waals surface area contributed by atoms with Crippen molar-refractivity contribution in [2.75, 3.05) is 0 Å². The smallest absolute Gasteiger partial charge is 0.282 e. The van der Waals surface area contributed by atoms with Gasteiger partial charge in [-0.1, -0.05) is 52.7 Å². The van der Waals surface area contributed by atoms with Crippen molar-refractivity contribution >= 4 is 78.2 Å². The van der Waals surface area contributed by atoms with Gasteiger partial charge in [0.1, 0.15) is 18.2 Å². The molecule has 0 spiro atoms. The molecule has 0 unspecified atom stereocenters. The fourth-order valence-electron chi connectivity index (χ4n) is 3.57. The summed E-state index contributed by atoms with van der Waals surface area (Å²) in [4.78, 5) is 17.9. The zero-order chi connectivity index (χ0) is 24.2. The van der Waals surface area contributed by atoms with Crippen LogP contribution in [-0.4, -0.2) is 15.9 Å². The number of aryl methyl sites for hydroxylation is 2. The largest absolute Gasteiger partial charge is 0.487 e. The van der Waals surface area contributed by atoms with Gasteiger partial charge in [-0.05, 0) is 100.0 Å². The number of nitrogens with zero attached hydrogens (tertiary/aromatic N) is 3. The molecule has 1 aromatic heterocycles. The molecule has 8 heteroatoms. The van der Waals surface area contributed by atoms with Crippen LogP contribution in [0.25, 0.3) is 10.9 Å². The number of hydrogen-bond donors (Lipinski definition) is 0. The van der Waals surface area contributed by atoms with Crippen molar-refractivity contribution in [1.29, 1.82) is 0 Å². The van der Waals surface area contributed by atoms with Crippen LogP contribution in [0, 0.1) is 14.1 Å². The second-order valence-corrected chi connectivity index (χ2v) is 11.1. The molecular weight excluding hydrogens is 720 g/mol. The Morgan fingerprint density at radius 2 is 1.88 bits per heavy atom. The molecule has 0 aliphatic rings. The third-order valence-electron chi connectivity index (χ3n) is 5.16. The molecule has 4 rings (SSSR count). The molecular formula is C26H22BrI2N3O2. The van der Waals surface area contributed by atoms with Crippen LogP contribution in [0.1, 0.15) is 35.9 Å². The maximum absolute atomic E-state index is 13.2. The highest BCUT2D eigenvalue weighted by molar-refractivity contribution is 14.1. The third-order valence-corrected chi connectivity index (χ3v) is 7.25. The standard InChI is InChI=1S/C26H22BrI2N3O2/c1-3-5-24-31-23-9-8-19(27)13-20(23)26(33)32(24)30-14-18-11-21(28)25(22(29)12-18)34-15-17-7-4-6-16(2)10-17/h4,6-14H,3,5,15H2,1-2H3. The topological polar surface area (TPSA) is 56.5 Å². The van der Waals surface area contributed by atoms with E-state index >= 15 is 0 Å². The van der Waals surface area contributed by atoms with E-state index < -0.39 is 0 Å². The van der Waals surface area contributed by atoms with Crippen molar-refractivity contribution in [3.63, 3.8) is 0 Å². The van der Waals surface area contributed by atoms with Gasteiger partial charge >= 0.3 is 0 Å². The Balaban J connectivity index is 1.64. The van der Waals surface area contributed by atoms with Gasteiger partial charge < -0.3 is 4.74 Å². The summed E-state index contributed by atoms with van der Waals surface area (Å²) < 4.78 is 10.4. The van der Waals surface area contributed by atoms with Crippen LogP contribution in [0.5, 0.6) is 5.75 Å². The zero-order valence-electron chi connectivity index (χ0n) is 18.7. The van der Waals surface area contributed by atoms with E-state index in [9.17, 15) is 4.79 Å². The lowest BCUT2D eigenvalue weighted by Crippen LogP contribution is -2.22. The normalized spacial score (nSPS) is 11.4. The van der Waals surface area contributed by atoms with Crippen LogP contribution in [0.15, 0.2) is 69.0 Å². The minimum atomic E-state index is -0.173. The van der Waals surface area contributed by atoms with Gasteiger partial charge in [-0.15, -0.1) is 0 Å². The molecule has 0 saturated heterocycles. The van der Waals surface area contributed by atoms with Gasteiger partial charge in [-0.3, -0.25) is 4.79 Å². The van der Waals surface area contributed by atoms with E-state index in [0.29, 0.717) is 29.8 Å². The molecule has 0 amide bonds. The van der Waals surface area contributed by atoms with E-state index in [4.69, 9.17) is 9.72 Å². The first-order valence-electron chi connectivity index (χ1n) is 10.8. The number of aromatic nitrogens is 2. The molecule has 0 aliphatic carbocycles. The molecule has 0 saturated carbocycles. The molecule has 0 radical (unpaired) electrons. The van der Waals surface area contributed by atoms with Crippen LogP contribution in [0.4, 0.5) is 0 Å². The molecule has 174 valence electrons. The molecule has 0 atom stereocenters. The molecule has 4 aromatic rings. The lowest BCUT2D eigenvalue weighted by atomic mass is 10.1. The Morgan fingerprint density at radius 3 is 2.59 bits per heavy atom. The van der Waals surface area contributed by atoms with Crippen LogP contribution in [-0.2, 0) is 13.0 Å². The Morgan fingerprint density at radius 1 is 1.12 bits per heavy atom. The third kappa shape index (κ3) is 5.88. The highest BCUT2D eigenvalue weighted by Gasteiger charge is 2.12. The molecule has 0 fully saturated rings. The van der Waals surface area contributed by atoms with E-state index in [0.717, 1.165) is 34.9 Å². The summed E-state index contributed by atoms with van der Waals surface area (Å²) in [6.45, 7) is 4.65. The maximum Gasteiger partial charge on any atom is 0.282 e. The minimum absolute atomic E-state index is 0.173. The van der Waals surface area contributed by atoms with Crippen LogP contribution < -0.4 is 10.3 Å². The van der Waals surface area contributed by atoms with Gasteiger partial charge in [0.2, 0.25) is 0 Å². The average molecular weight is 742 g/mol. The highest BCUT2D eigenvalue weighted by atomic mass is 127. The van der Waals surface area contributed by atoms with Crippen molar-refractivity contribution in [2.24, 2.45) is 5.10 Å². The highest BCUT2D eigenvalue weighted by Crippen LogP contribution is 2.29. The lowest BCUT2D eigenvalue weighted by molar-refractivity contribution is 0.301. The summed E-state index contributed by atoms with van der Waals surface area (Å²) in [5.41, 5.74) is 3.75. The van der Waals surface area contributed by atoms with E-state index in [2.05, 4.69) is 98.3 Å². The molecule has 1 heterocycles. The fraction of sp³-hybridized carbons (Fsp3) is 0.192. The molecule has 0 N–H and O–H groups in total. The first-order chi connectivity index (χ1) is 16.4. The van der Waals surface area contributed by atoms with Gasteiger partial charge in [-0.2, -0.15) is 9.78 Å². The summed E-state index contributed by atoms with van der Waals surface area (Å²) in [5.74, 6) is 1.50. The zero-order valence-corrected chi connectivity index (χ0v) is 24.6. The Kier molecular flexibility index (Phi) is 8.41. The number of fused-ring (bicyclic) bond motifs is 1. The predicted octanol–water partition coefficient (Wildman–Crippen LogP) is 7.09. The number of halogens is 3. The fourth-order valence-corrected chi connectivity index (χ4v) is 6.06. The van der Waals surface area contributed by atoms with Crippen molar-refractivity contribution < 1.29 is 4.74 Å². The average Bonchev–Trinajstić information content (AvgIpc) is 2.79. The number of benzene rings is 3. The number of ether oxygens (including phenoxy) is 1. The molecule has 34 heavy (non-hydrogen) atoms. The SMILES string of the molecule is CCCc1nc2ccc(Br)cc2c(=O)n1N=Cc1cc(I)c(OCc2cccc(C)c2)c(I)c1. The molecule has 0 bridgehead atoms. The predicted molar refractivity (Wildman–Crippen MR) is 158 cm³/mol. The Bertz CT molecular complexity index is 1430. The monoisotopic (exact) mass is 741 g/mol. The van der Waals surface area contributed by atoms with Gasteiger partial charge in [0.25, 0.3) is 5.56 Å². The van der Waals surface area contributed by atoms with E-state index in [1.54, 1.807) is 12.3 Å². The van der Waals surface area contributed by atoms with Gasteiger partial charge in [0.05, 0.1) is 24.3 Å². The summed E-state index contributed by atoms with van der Waals surface area (Å²) in [6, 6.07) is 17.9. The summed E-state index contributed by atoms with van der Waals surface area (Å²) in [5, 5.41) is 5.08. The van der Waals surface area contributed by atoms with Crippen LogP contribution in [0.2, 0.25) is 0 Å². The van der Waals surface area contributed by atoms with Gasteiger partial charge in [0.15, 0.2) is 0 Å². The first kappa shape index (κ1) is 25.3. The van der Waals surface area contributed by atoms with Crippen LogP contribution in [0.3, 0.4) is 0 Å². The number of hydrogen-bond acceptors (Lipinski definition) is 4. The van der Waals surface area contributed by atoms with Crippen molar-refractivity contribution in [2.45, 2.75) is 33.3 Å². The van der Waals surface area contributed by atoms with Crippen molar-refractivity contribution in [1.82, 2.24) is 9.66 Å². The lowest BCUT2D eigenvalue weighted by Gasteiger charge is -2.12. The molecule has 3 aromatic carbocycles. The summed E-state index contributed by atoms with van der Waals surface area (Å²) in [7, 11) is 0. The summed E-state index contributed by atoms with van der Waals surface area (Å²) >= 11 is 8.00. The van der Waals surface area contributed by atoms with E-state index in [-0.39, 0.29) is 5.56 Å². The van der Waals surface area contributed by atoms with E-state index in [1.807, 2.05) is 30.3 Å². The van der Waals surface area contributed by atoms with E-state index in [1.165, 1.54) is 10.2 Å². The molecule has 5 nitrogen and oxygen atoms in total. The number of rotatable bonds is 7.